The molecule has 1 amide bonds. The van der Waals surface area contributed by atoms with Crippen LogP contribution in [0.25, 0.3) is 0 Å². The highest BCUT2D eigenvalue weighted by molar-refractivity contribution is 5.91. The Balaban J connectivity index is 1.52. The van der Waals surface area contributed by atoms with Crippen LogP contribution in [0, 0.1) is 11.8 Å². The van der Waals surface area contributed by atoms with E-state index in [2.05, 4.69) is 6.92 Å². The Hall–Kier alpha value is -1.36. The first-order valence-electron chi connectivity index (χ1n) is 9.50. The van der Waals surface area contributed by atoms with Crippen molar-refractivity contribution in [2.75, 3.05) is 13.2 Å². The first-order chi connectivity index (χ1) is 11.7. The van der Waals surface area contributed by atoms with Gasteiger partial charge in [-0.3, -0.25) is 9.59 Å². The summed E-state index contributed by atoms with van der Waals surface area (Å²) >= 11 is 0. The van der Waals surface area contributed by atoms with Crippen molar-refractivity contribution in [3.05, 3.63) is 12.2 Å². The third-order valence-electron chi connectivity index (χ3n) is 6.16. The number of hydrogen-bond donors (Lipinski definition) is 0. The summed E-state index contributed by atoms with van der Waals surface area (Å²) in [6.07, 6.45) is 11.3. The van der Waals surface area contributed by atoms with Crippen molar-refractivity contribution in [3.8, 4) is 0 Å². The molecule has 1 aliphatic carbocycles. The van der Waals surface area contributed by atoms with Gasteiger partial charge in [0.05, 0.1) is 25.2 Å². The number of likely N-dealkylation sites (tertiary alicyclic amines) is 1. The van der Waals surface area contributed by atoms with E-state index in [-0.39, 0.29) is 23.9 Å². The van der Waals surface area contributed by atoms with Crippen molar-refractivity contribution in [1.82, 2.24) is 4.90 Å². The summed E-state index contributed by atoms with van der Waals surface area (Å²) in [7, 11) is 0. The Morgan fingerprint density at radius 2 is 2.17 bits per heavy atom. The average molecular weight is 333 g/mol. The average Bonchev–Trinajstić information content (AvgIpc) is 3.24. The summed E-state index contributed by atoms with van der Waals surface area (Å²) < 4.78 is 11.6. The van der Waals surface area contributed by atoms with Crippen molar-refractivity contribution in [3.63, 3.8) is 0 Å². The molecule has 1 spiro atoms. The highest BCUT2D eigenvalue weighted by atomic mass is 16.6. The number of fused-ring (bicyclic) bond motifs is 1. The number of hydrogen-bond acceptors (Lipinski definition) is 4. The van der Waals surface area contributed by atoms with E-state index in [0.29, 0.717) is 19.2 Å². The van der Waals surface area contributed by atoms with Gasteiger partial charge in [-0.05, 0) is 19.3 Å². The summed E-state index contributed by atoms with van der Waals surface area (Å²) in [4.78, 5) is 27.7. The quantitative estimate of drug-likeness (QED) is 0.440. The van der Waals surface area contributed by atoms with E-state index in [1.807, 2.05) is 17.1 Å². The Morgan fingerprint density at radius 3 is 2.92 bits per heavy atom. The molecule has 0 unspecified atom stereocenters. The fourth-order valence-electron chi connectivity index (χ4n) is 4.91. The first kappa shape index (κ1) is 16.1. The van der Waals surface area contributed by atoms with Crippen LogP contribution in [0.3, 0.4) is 0 Å². The zero-order valence-electron chi connectivity index (χ0n) is 14.4. The monoisotopic (exact) mass is 333 g/mol. The second kappa shape index (κ2) is 6.17. The van der Waals surface area contributed by atoms with Gasteiger partial charge in [0.15, 0.2) is 0 Å². The molecule has 0 aromatic carbocycles. The van der Waals surface area contributed by atoms with E-state index in [1.54, 1.807) is 0 Å². The van der Waals surface area contributed by atoms with E-state index in [0.717, 1.165) is 25.7 Å². The number of carbonyl (C=O) groups is 2. The van der Waals surface area contributed by atoms with Crippen LogP contribution in [-0.2, 0) is 19.1 Å². The van der Waals surface area contributed by atoms with Gasteiger partial charge < -0.3 is 14.4 Å². The minimum Gasteiger partial charge on any atom is -0.465 e. The molecule has 3 aliphatic heterocycles. The molecule has 1 saturated carbocycles. The van der Waals surface area contributed by atoms with Crippen LogP contribution in [0.2, 0.25) is 0 Å². The number of unbranched alkanes of at least 4 members (excludes halogenated alkanes) is 1. The van der Waals surface area contributed by atoms with Gasteiger partial charge in [-0.25, -0.2) is 0 Å². The minimum atomic E-state index is -0.590. The van der Waals surface area contributed by atoms with Crippen LogP contribution in [0.4, 0.5) is 0 Å². The van der Waals surface area contributed by atoms with Crippen molar-refractivity contribution < 1.29 is 19.1 Å². The van der Waals surface area contributed by atoms with Gasteiger partial charge in [-0.15, -0.1) is 0 Å². The molecule has 5 heteroatoms. The summed E-state index contributed by atoms with van der Waals surface area (Å²) in [5, 5.41) is 0. The molecule has 0 radical (unpaired) electrons. The second-order valence-corrected chi connectivity index (χ2v) is 7.68. The molecule has 3 fully saturated rings. The maximum absolute atomic E-state index is 13.1. The van der Waals surface area contributed by atoms with Gasteiger partial charge in [0.2, 0.25) is 5.91 Å². The predicted molar refractivity (Wildman–Crippen MR) is 88.2 cm³/mol. The van der Waals surface area contributed by atoms with Gasteiger partial charge in [-0.2, -0.15) is 0 Å². The Kier molecular flexibility index (Phi) is 4.15. The molecule has 2 bridgehead atoms. The van der Waals surface area contributed by atoms with Gasteiger partial charge in [0.25, 0.3) is 0 Å². The van der Waals surface area contributed by atoms with Crippen molar-refractivity contribution >= 4 is 11.9 Å². The number of amides is 1. The first-order valence-corrected chi connectivity index (χ1v) is 9.50. The van der Waals surface area contributed by atoms with Crippen molar-refractivity contribution in [2.45, 2.75) is 69.6 Å². The lowest BCUT2D eigenvalue weighted by molar-refractivity contribution is -0.154. The molecule has 0 N–H and O–H groups in total. The Labute approximate surface area is 143 Å². The van der Waals surface area contributed by atoms with Crippen LogP contribution in [-0.4, -0.2) is 47.7 Å². The highest BCUT2D eigenvalue weighted by Gasteiger charge is 2.67. The maximum atomic E-state index is 13.1. The van der Waals surface area contributed by atoms with Crippen molar-refractivity contribution in [2.24, 2.45) is 11.8 Å². The normalized spacial score (nSPS) is 38.0. The molecular weight excluding hydrogens is 306 g/mol. The summed E-state index contributed by atoms with van der Waals surface area (Å²) in [5.74, 6) is -1.01. The smallest absolute Gasteiger partial charge is 0.312 e. The van der Waals surface area contributed by atoms with Crippen LogP contribution < -0.4 is 0 Å². The molecule has 24 heavy (non-hydrogen) atoms. The summed E-state index contributed by atoms with van der Waals surface area (Å²) in [5.41, 5.74) is -0.590. The SMILES string of the molecule is CCCCOC(=O)[C@@H]1[C@H]2C=C[C@@]3(CN(C4CCCCC4)C(=O)[C@@H]13)O2. The van der Waals surface area contributed by atoms with Gasteiger partial charge in [0.1, 0.15) is 11.5 Å². The fourth-order valence-corrected chi connectivity index (χ4v) is 4.91. The van der Waals surface area contributed by atoms with E-state index < -0.39 is 11.5 Å². The summed E-state index contributed by atoms with van der Waals surface area (Å²) in [6, 6.07) is 0.319. The Bertz CT molecular complexity index is 554. The zero-order valence-corrected chi connectivity index (χ0v) is 14.4. The van der Waals surface area contributed by atoms with E-state index in [9.17, 15) is 9.59 Å². The predicted octanol–water partition coefficient (Wildman–Crippen LogP) is 2.44. The topological polar surface area (TPSA) is 55.8 Å². The fraction of sp³-hybridized carbons (Fsp3) is 0.789. The minimum absolute atomic E-state index is 0.103. The zero-order chi connectivity index (χ0) is 16.7. The number of rotatable bonds is 5. The number of carbonyl (C=O) groups excluding carboxylic acids is 2. The Morgan fingerprint density at radius 1 is 1.38 bits per heavy atom. The molecule has 5 nitrogen and oxygen atoms in total. The largest absolute Gasteiger partial charge is 0.465 e. The van der Waals surface area contributed by atoms with Gasteiger partial charge >= 0.3 is 5.97 Å². The van der Waals surface area contributed by atoms with Crippen molar-refractivity contribution in [1.29, 1.82) is 0 Å². The van der Waals surface area contributed by atoms with Crippen LogP contribution in [0.15, 0.2) is 12.2 Å². The standard InChI is InChI=1S/C19H27NO4/c1-2-3-11-23-18(22)15-14-9-10-19(24-14)12-20(17(21)16(15)19)13-7-5-4-6-8-13/h9-10,13-16H,2-8,11-12H2,1H3/t14-,15-,16-,19+/m1/s1. The third kappa shape index (κ3) is 2.40. The number of nitrogens with zero attached hydrogens (tertiary/aromatic N) is 1. The summed E-state index contributed by atoms with van der Waals surface area (Å²) in [6.45, 7) is 3.10. The lowest BCUT2D eigenvalue weighted by Crippen LogP contribution is -2.42. The molecule has 4 atom stereocenters. The molecule has 3 heterocycles. The molecule has 0 aromatic heterocycles. The number of esters is 1. The van der Waals surface area contributed by atoms with E-state index in [1.165, 1.54) is 19.3 Å². The lowest BCUT2D eigenvalue weighted by atomic mass is 9.77. The maximum Gasteiger partial charge on any atom is 0.312 e. The molecule has 132 valence electrons. The van der Waals surface area contributed by atoms with Crippen LogP contribution >= 0.6 is 0 Å². The highest BCUT2D eigenvalue weighted by Crippen LogP contribution is 2.53. The molecule has 2 saturated heterocycles. The lowest BCUT2D eigenvalue weighted by Gasteiger charge is -2.32. The third-order valence-corrected chi connectivity index (χ3v) is 6.16. The number of ether oxygens (including phenoxy) is 2. The van der Waals surface area contributed by atoms with Crippen LogP contribution in [0.1, 0.15) is 51.9 Å². The molecule has 4 aliphatic rings. The van der Waals surface area contributed by atoms with Gasteiger partial charge in [0, 0.05) is 6.04 Å². The van der Waals surface area contributed by atoms with Crippen LogP contribution in [0.5, 0.6) is 0 Å². The second-order valence-electron chi connectivity index (χ2n) is 7.68. The molecule has 0 aromatic rings. The van der Waals surface area contributed by atoms with Gasteiger partial charge in [-0.1, -0.05) is 44.8 Å². The van der Waals surface area contributed by atoms with E-state index in [4.69, 9.17) is 9.47 Å². The van der Waals surface area contributed by atoms with E-state index >= 15 is 0 Å². The molecular formula is C19H27NO4. The molecule has 4 rings (SSSR count).